The minimum absolute atomic E-state index is 0. The van der Waals surface area contributed by atoms with Gasteiger partial charge in [-0.25, -0.2) is 4.98 Å². The van der Waals surface area contributed by atoms with Crippen LogP contribution in [-0.2, 0) is 6.54 Å². The van der Waals surface area contributed by atoms with Crippen LogP contribution in [0, 0.1) is 12.8 Å². The standard InChI is InChI=1S/C18H24N4S2.HI/c1-14-17(24-13-21-14)10-20-18(19-2)22-9-8-15(11-22)12-23-16-6-4-3-5-7-16;/h3-7,13,15H,8-12H2,1-2H3,(H,19,20);1H. The Balaban J connectivity index is 0.00000225. The minimum atomic E-state index is 0. The molecule has 1 aliphatic heterocycles. The van der Waals surface area contributed by atoms with Crippen molar-refractivity contribution < 1.29 is 0 Å². The highest BCUT2D eigenvalue weighted by Crippen LogP contribution is 2.26. The lowest BCUT2D eigenvalue weighted by Crippen LogP contribution is -2.39. The summed E-state index contributed by atoms with van der Waals surface area (Å²) in [5, 5.41) is 3.49. The Kier molecular flexibility index (Phi) is 8.51. The number of nitrogens with one attached hydrogen (secondary N) is 1. The molecular formula is C18H25IN4S2. The molecule has 2 aromatic rings. The third-order valence-electron chi connectivity index (χ3n) is 4.28. The lowest BCUT2D eigenvalue weighted by molar-refractivity contribution is 0.474. The Hall–Kier alpha value is -0.800. The van der Waals surface area contributed by atoms with Gasteiger partial charge in [0.25, 0.3) is 0 Å². The van der Waals surface area contributed by atoms with Crippen LogP contribution in [-0.4, -0.2) is 41.7 Å². The minimum Gasteiger partial charge on any atom is -0.351 e. The van der Waals surface area contributed by atoms with Crippen LogP contribution in [0.15, 0.2) is 45.7 Å². The molecule has 0 bridgehead atoms. The summed E-state index contributed by atoms with van der Waals surface area (Å²) in [6.07, 6.45) is 1.24. The topological polar surface area (TPSA) is 40.5 Å². The van der Waals surface area contributed by atoms with E-state index in [4.69, 9.17) is 0 Å². The number of benzene rings is 1. The van der Waals surface area contributed by atoms with E-state index in [9.17, 15) is 0 Å². The van der Waals surface area contributed by atoms with Crippen molar-refractivity contribution in [2.75, 3.05) is 25.9 Å². The molecule has 1 aromatic heterocycles. The maximum Gasteiger partial charge on any atom is 0.193 e. The monoisotopic (exact) mass is 488 g/mol. The Morgan fingerprint density at radius 1 is 1.40 bits per heavy atom. The van der Waals surface area contributed by atoms with Crippen molar-refractivity contribution in [3.63, 3.8) is 0 Å². The molecule has 7 heteroatoms. The van der Waals surface area contributed by atoms with Gasteiger partial charge in [-0.15, -0.1) is 47.1 Å². The normalized spacial score (nSPS) is 17.4. The van der Waals surface area contributed by atoms with E-state index in [0.717, 1.165) is 37.2 Å². The van der Waals surface area contributed by atoms with Crippen LogP contribution in [0.2, 0.25) is 0 Å². The van der Waals surface area contributed by atoms with Gasteiger partial charge < -0.3 is 10.2 Å². The van der Waals surface area contributed by atoms with Gasteiger partial charge >= 0.3 is 0 Å². The van der Waals surface area contributed by atoms with Crippen molar-refractivity contribution in [2.45, 2.75) is 24.8 Å². The van der Waals surface area contributed by atoms with E-state index in [-0.39, 0.29) is 24.0 Å². The molecule has 0 saturated carbocycles. The lowest BCUT2D eigenvalue weighted by Gasteiger charge is -2.21. The Bertz CT molecular complexity index is 675. The van der Waals surface area contributed by atoms with Gasteiger partial charge in [0, 0.05) is 35.7 Å². The van der Waals surface area contributed by atoms with Crippen LogP contribution in [0.3, 0.4) is 0 Å². The Morgan fingerprint density at radius 3 is 2.88 bits per heavy atom. The van der Waals surface area contributed by atoms with E-state index < -0.39 is 0 Å². The quantitative estimate of drug-likeness (QED) is 0.296. The second kappa shape index (κ2) is 10.4. The van der Waals surface area contributed by atoms with Crippen LogP contribution in [0.5, 0.6) is 0 Å². The third kappa shape index (κ3) is 5.86. The maximum absolute atomic E-state index is 4.46. The van der Waals surface area contributed by atoms with Crippen molar-refractivity contribution in [1.29, 1.82) is 0 Å². The van der Waals surface area contributed by atoms with Gasteiger partial charge in [-0.3, -0.25) is 4.99 Å². The molecule has 0 aliphatic carbocycles. The number of hydrogen-bond donors (Lipinski definition) is 1. The second-order valence-corrected chi connectivity index (χ2v) is 8.02. The van der Waals surface area contributed by atoms with Crippen molar-refractivity contribution in [2.24, 2.45) is 10.9 Å². The molecule has 1 saturated heterocycles. The third-order valence-corrected chi connectivity index (χ3v) is 6.46. The maximum atomic E-state index is 4.46. The van der Waals surface area contributed by atoms with Gasteiger partial charge in [0.2, 0.25) is 0 Å². The van der Waals surface area contributed by atoms with Gasteiger partial charge in [0.1, 0.15) is 0 Å². The molecule has 0 radical (unpaired) electrons. The molecule has 2 heterocycles. The van der Waals surface area contributed by atoms with Crippen LogP contribution in [0.4, 0.5) is 0 Å². The molecule has 4 nitrogen and oxygen atoms in total. The zero-order chi connectivity index (χ0) is 16.8. The molecule has 1 aliphatic rings. The van der Waals surface area contributed by atoms with E-state index >= 15 is 0 Å². The number of rotatable bonds is 5. The average molecular weight is 488 g/mol. The fraction of sp³-hybridized carbons (Fsp3) is 0.444. The van der Waals surface area contributed by atoms with Crippen molar-refractivity contribution in [3.8, 4) is 0 Å². The SMILES string of the molecule is CN=C(NCc1scnc1C)N1CCC(CSc2ccccc2)C1.I. The zero-order valence-corrected chi connectivity index (χ0v) is 18.6. The number of halogens is 1. The number of nitrogens with zero attached hydrogens (tertiary/aromatic N) is 3. The number of guanidine groups is 1. The van der Waals surface area contributed by atoms with Gasteiger partial charge in [0.15, 0.2) is 5.96 Å². The molecule has 0 spiro atoms. The Morgan fingerprint density at radius 2 is 2.20 bits per heavy atom. The summed E-state index contributed by atoms with van der Waals surface area (Å²) in [4.78, 5) is 13.8. The predicted molar refractivity (Wildman–Crippen MR) is 119 cm³/mol. The van der Waals surface area contributed by atoms with E-state index in [1.807, 2.05) is 24.3 Å². The summed E-state index contributed by atoms with van der Waals surface area (Å²) in [5.74, 6) is 2.90. The molecule has 25 heavy (non-hydrogen) atoms. The van der Waals surface area contributed by atoms with E-state index in [0.29, 0.717) is 0 Å². The first-order valence-electron chi connectivity index (χ1n) is 8.28. The number of aliphatic imine (C=N–C) groups is 1. The molecule has 0 amide bonds. The second-order valence-electron chi connectivity index (χ2n) is 5.99. The summed E-state index contributed by atoms with van der Waals surface area (Å²) < 4.78 is 0. The predicted octanol–water partition coefficient (Wildman–Crippen LogP) is 4.26. The smallest absolute Gasteiger partial charge is 0.193 e. The molecule has 1 atom stereocenters. The van der Waals surface area contributed by atoms with Crippen molar-refractivity contribution in [3.05, 3.63) is 46.4 Å². The van der Waals surface area contributed by atoms with E-state index in [1.165, 1.54) is 21.9 Å². The summed E-state index contributed by atoms with van der Waals surface area (Å²) >= 11 is 3.66. The van der Waals surface area contributed by atoms with Crippen molar-refractivity contribution >= 4 is 53.0 Å². The van der Waals surface area contributed by atoms with Crippen LogP contribution in [0.25, 0.3) is 0 Å². The number of thiazole rings is 1. The summed E-state index contributed by atoms with van der Waals surface area (Å²) in [6, 6.07) is 10.7. The van der Waals surface area contributed by atoms with E-state index in [1.54, 1.807) is 11.3 Å². The van der Waals surface area contributed by atoms with Gasteiger partial charge in [-0.2, -0.15) is 0 Å². The van der Waals surface area contributed by atoms with Gasteiger partial charge in [-0.1, -0.05) is 18.2 Å². The molecule has 3 rings (SSSR count). The fourth-order valence-electron chi connectivity index (χ4n) is 2.88. The number of aryl methyl sites for hydroxylation is 1. The van der Waals surface area contributed by atoms with Crippen LogP contribution in [0.1, 0.15) is 17.0 Å². The zero-order valence-electron chi connectivity index (χ0n) is 14.6. The largest absolute Gasteiger partial charge is 0.351 e. The number of likely N-dealkylation sites (tertiary alicyclic amines) is 1. The molecule has 1 aromatic carbocycles. The first-order chi connectivity index (χ1) is 11.8. The van der Waals surface area contributed by atoms with Gasteiger partial charge in [0.05, 0.1) is 17.7 Å². The summed E-state index contributed by atoms with van der Waals surface area (Å²) in [7, 11) is 1.87. The molecule has 1 unspecified atom stereocenters. The fourth-order valence-corrected chi connectivity index (χ4v) is 4.65. The highest BCUT2D eigenvalue weighted by atomic mass is 127. The molecule has 136 valence electrons. The number of aromatic nitrogens is 1. The first kappa shape index (κ1) is 20.5. The first-order valence-corrected chi connectivity index (χ1v) is 10.1. The molecular weight excluding hydrogens is 463 g/mol. The van der Waals surface area contributed by atoms with Crippen molar-refractivity contribution in [1.82, 2.24) is 15.2 Å². The summed E-state index contributed by atoms with van der Waals surface area (Å²) in [6.45, 7) is 5.04. The highest BCUT2D eigenvalue weighted by Gasteiger charge is 2.25. The van der Waals surface area contributed by atoms with E-state index in [2.05, 4.69) is 57.4 Å². The molecule has 1 N–H and O–H groups in total. The lowest BCUT2D eigenvalue weighted by atomic mass is 10.2. The van der Waals surface area contributed by atoms with Crippen LogP contribution < -0.4 is 5.32 Å². The summed E-state index contributed by atoms with van der Waals surface area (Å²) in [5.41, 5.74) is 3.02. The van der Waals surface area contributed by atoms with Crippen LogP contribution >= 0.6 is 47.1 Å². The number of hydrogen-bond acceptors (Lipinski definition) is 4. The van der Waals surface area contributed by atoms with Gasteiger partial charge in [-0.05, 0) is 31.4 Å². The average Bonchev–Trinajstić information content (AvgIpc) is 3.24. The highest BCUT2D eigenvalue weighted by molar-refractivity contribution is 14.0. The number of thioether (sulfide) groups is 1. The molecule has 1 fully saturated rings. The Labute approximate surface area is 175 Å².